The van der Waals surface area contributed by atoms with Gasteiger partial charge in [0.2, 0.25) is 0 Å². The lowest BCUT2D eigenvalue weighted by molar-refractivity contribution is -0.137. The molecule has 7 heteroatoms. The Kier molecular flexibility index (Phi) is 6.73. The molecule has 0 aliphatic heterocycles. The zero-order chi connectivity index (χ0) is 25.0. The molecule has 4 aromatic carbocycles. The maximum atomic E-state index is 13.6. The Labute approximate surface area is 212 Å². The zero-order valence-corrected chi connectivity index (χ0v) is 20.0. The van der Waals surface area contributed by atoms with Gasteiger partial charge in [0.05, 0.1) is 4.75 Å². The Balaban J connectivity index is 1.53. The van der Waals surface area contributed by atoms with E-state index in [1.54, 1.807) is 0 Å². The molecular weight excluding hydrogens is 475 g/mol. The van der Waals surface area contributed by atoms with Crippen molar-refractivity contribution in [2.45, 2.75) is 10.8 Å². The summed E-state index contributed by atoms with van der Waals surface area (Å²) in [7, 11) is 0. The third-order valence-electron chi connectivity index (χ3n) is 5.95. The van der Waals surface area contributed by atoms with Crippen LogP contribution in [0.3, 0.4) is 0 Å². The van der Waals surface area contributed by atoms with Crippen molar-refractivity contribution in [3.63, 3.8) is 0 Å². The van der Waals surface area contributed by atoms with Gasteiger partial charge in [-0.15, -0.1) is 11.8 Å². The van der Waals surface area contributed by atoms with Gasteiger partial charge >= 0.3 is 5.97 Å². The number of anilines is 1. The summed E-state index contributed by atoms with van der Waals surface area (Å²) in [5.74, 6) is -1.30. The lowest BCUT2D eigenvalue weighted by atomic mass is 9.84. The van der Waals surface area contributed by atoms with Gasteiger partial charge in [0.15, 0.2) is 5.58 Å². The first-order valence-electron chi connectivity index (χ1n) is 11.4. The average Bonchev–Trinajstić information content (AvgIpc) is 3.31. The van der Waals surface area contributed by atoms with Crippen molar-refractivity contribution in [2.24, 2.45) is 0 Å². The number of carboxylic acids is 1. The van der Waals surface area contributed by atoms with E-state index < -0.39 is 22.6 Å². The van der Waals surface area contributed by atoms with Gasteiger partial charge in [0.1, 0.15) is 17.4 Å². The molecule has 0 saturated carbocycles. The Hall–Kier alpha value is -4.10. The number of carboxylic acid groups (broad SMARTS) is 1. The summed E-state index contributed by atoms with van der Waals surface area (Å²) >= 11 is 1.52. The van der Waals surface area contributed by atoms with Gasteiger partial charge in [-0.05, 0) is 28.8 Å². The number of fused-ring (bicyclic) bond motifs is 1. The number of oxazole rings is 1. The molecule has 0 amide bonds. The number of nitrogens with one attached hydrogen (secondary N) is 1. The van der Waals surface area contributed by atoms with Crippen LogP contribution in [0.4, 0.5) is 10.4 Å². The highest BCUT2D eigenvalue weighted by molar-refractivity contribution is 8.00. The van der Waals surface area contributed by atoms with Crippen molar-refractivity contribution in [1.29, 1.82) is 0 Å². The van der Waals surface area contributed by atoms with Crippen molar-refractivity contribution >= 4 is 34.8 Å². The second-order valence-electron chi connectivity index (χ2n) is 8.26. The summed E-state index contributed by atoms with van der Waals surface area (Å²) in [5.41, 5.74) is 3.81. The molecule has 1 heterocycles. The minimum absolute atomic E-state index is 0.0355. The van der Waals surface area contributed by atoms with Crippen LogP contribution in [0.2, 0.25) is 0 Å². The highest BCUT2D eigenvalue weighted by atomic mass is 32.2. The molecule has 36 heavy (non-hydrogen) atoms. The van der Waals surface area contributed by atoms with Crippen LogP contribution in [0.5, 0.6) is 0 Å². The quantitative estimate of drug-likeness (QED) is 0.224. The predicted molar refractivity (Wildman–Crippen MR) is 141 cm³/mol. The Morgan fingerprint density at radius 1 is 0.889 bits per heavy atom. The largest absolute Gasteiger partial charge is 0.480 e. The minimum Gasteiger partial charge on any atom is -0.480 e. The van der Waals surface area contributed by atoms with E-state index in [4.69, 9.17) is 4.42 Å². The van der Waals surface area contributed by atoms with Crippen molar-refractivity contribution in [2.75, 3.05) is 11.1 Å². The highest BCUT2D eigenvalue weighted by Gasteiger charge is 2.38. The second kappa shape index (κ2) is 10.3. The molecule has 0 spiro atoms. The third kappa shape index (κ3) is 4.70. The Morgan fingerprint density at radius 2 is 1.42 bits per heavy atom. The van der Waals surface area contributed by atoms with Crippen LogP contribution >= 0.6 is 11.8 Å². The standard InChI is InChI=1S/C29H23FN2O3S/c30-23-16-17-24-26(18-23)35-28(31-24)32-25(27(33)34)19-36-29(20-10-4-1-5-11-20,21-12-6-2-7-13-21)22-14-8-3-9-15-22/h1-18,25H,19H2,(H,31,32)(H,33,34)/t25-/m0/s1. The topological polar surface area (TPSA) is 75.4 Å². The van der Waals surface area contributed by atoms with Crippen LogP contribution in [0.15, 0.2) is 114 Å². The van der Waals surface area contributed by atoms with Gasteiger partial charge in [0, 0.05) is 11.8 Å². The third-order valence-corrected chi connectivity index (χ3v) is 7.59. The number of hydrogen-bond donors (Lipinski definition) is 2. The van der Waals surface area contributed by atoms with E-state index in [-0.39, 0.29) is 17.4 Å². The van der Waals surface area contributed by atoms with Crippen LogP contribution in [0, 0.1) is 5.82 Å². The number of hydrogen-bond acceptors (Lipinski definition) is 5. The number of halogens is 1. The van der Waals surface area contributed by atoms with Crippen molar-refractivity contribution in [3.05, 3.63) is 132 Å². The second-order valence-corrected chi connectivity index (χ2v) is 9.49. The maximum absolute atomic E-state index is 13.6. The first-order valence-corrected chi connectivity index (χ1v) is 12.4. The van der Waals surface area contributed by atoms with E-state index in [0.717, 1.165) is 16.7 Å². The summed E-state index contributed by atoms with van der Waals surface area (Å²) < 4.78 is 18.5. The fourth-order valence-electron chi connectivity index (χ4n) is 4.26. The van der Waals surface area contributed by atoms with Gasteiger partial charge < -0.3 is 14.8 Å². The Bertz CT molecular complexity index is 1360. The van der Waals surface area contributed by atoms with E-state index in [1.807, 2.05) is 54.6 Å². The lowest BCUT2D eigenvalue weighted by Gasteiger charge is -2.36. The molecule has 0 saturated heterocycles. The van der Waals surface area contributed by atoms with E-state index >= 15 is 0 Å². The van der Waals surface area contributed by atoms with Gasteiger partial charge in [-0.1, -0.05) is 91.0 Å². The Morgan fingerprint density at radius 3 is 1.92 bits per heavy atom. The maximum Gasteiger partial charge on any atom is 0.327 e. The molecule has 2 N–H and O–H groups in total. The van der Waals surface area contributed by atoms with Gasteiger partial charge in [-0.2, -0.15) is 4.98 Å². The number of nitrogens with zero attached hydrogens (tertiary/aromatic N) is 1. The van der Waals surface area contributed by atoms with Crippen LogP contribution < -0.4 is 5.32 Å². The van der Waals surface area contributed by atoms with Crippen LogP contribution in [0.1, 0.15) is 16.7 Å². The molecule has 0 bridgehead atoms. The van der Waals surface area contributed by atoms with Crippen LogP contribution in [-0.4, -0.2) is 27.9 Å². The number of thioether (sulfide) groups is 1. The summed E-state index contributed by atoms with van der Waals surface area (Å²) in [5, 5.41) is 13.0. The number of carbonyl (C=O) groups is 1. The van der Waals surface area contributed by atoms with E-state index in [9.17, 15) is 14.3 Å². The molecule has 5 rings (SSSR count). The molecule has 0 fully saturated rings. The number of aromatic nitrogens is 1. The van der Waals surface area contributed by atoms with Crippen molar-refractivity contribution in [3.8, 4) is 0 Å². The molecular formula is C29H23FN2O3S. The summed E-state index contributed by atoms with van der Waals surface area (Å²) in [6.45, 7) is 0. The minimum atomic E-state index is -1.04. The lowest BCUT2D eigenvalue weighted by Crippen LogP contribution is -2.35. The molecule has 5 nitrogen and oxygen atoms in total. The summed E-state index contributed by atoms with van der Waals surface area (Å²) in [6, 6.07) is 33.2. The number of rotatable bonds is 9. The fraction of sp³-hybridized carbons (Fsp3) is 0.103. The normalized spacial score (nSPS) is 12.4. The van der Waals surface area contributed by atoms with E-state index in [0.29, 0.717) is 5.52 Å². The number of benzene rings is 4. The molecule has 1 aromatic heterocycles. The predicted octanol–water partition coefficient (Wildman–Crippen LogP) is 6.56. The zero-order valence-electron chi connectivity index (χ0n) is 19.2. The van der Waals surface area contributed by atoms with E-state index in [1.165, 1.54) is 30.0 Å². The number of aliphatic carboxylic acids is 1. The van der Waals surface area contributed by atoms with Crippen LogP contribution in [0.25, 0.3) is 11.1 Å². The SMILES string of the molecule is O=C(O)[C@H](CSC(c1ccccc1)(c1ccccc1)c1ccccc1)Nc1nc2ccc(F)cc2o1. The molecule has 1 atom stereocenters. The molecule has 5 aromatic rings. The van der Waals surface area contributed by atoms with Gasteiger partial charge in [-0.25, -0.2) is 9.18 Å². The first kappa shape index (κ1) is 23.6. The van der Waals surface area contributed by atoms with Gasteiger partial charge in [0.25, 0.3) is 6.01 Å². The van der Waals surface area contributed by atoms with Gasteiger partial charge in [-0.3, -0.25) is 0 Å². The monoisotopic (exact) mass is 498 g/mol. The molecule has 180 valence electrons. The smallest absolute Gasteiger partial charge is 0.327 e. The summed E-state index contributed by atoms with van der Waals surface area (Å²) in [4.78, 5) is 16.6. The van der Waals surface area contributed by atoms with Crippen LogP contribution in [-0.2, 0) is 9.54 Å². The molecule has 0 aliphatic rings. The molecule has 0 aliphatic carbocycles. The van der Waals surface area contributed by atoms with Crippen molar-refractivity contribution in [1.82, 2.24) is 4.98 Å². The first-order chi connectivity index (χ1) is 17.6. The van der Waals surface area contributed by atoms with Crippen molar-refractivity contribution < 1.29 is 18.7 Å². The van der Waals surface area contributed by atoms with E-state index in [2.05, 4.69) is 46.7 Å². The molecule has 0 unspecified atom stereocenters. The summed E-state index contributed by atoms with van der Waals surface area (Å²) in [6.07, 6.45) is 0. The molecule has 0 radical (unpaired) electrons. The highest BCUT2D eigenvalue weighted by Crippen LogP contribution is 2.48. The fourth-order valence-corrected chi connectivity index (χ4v) is 5.81. The average molecular weight is 499 g/mol.